The van der Waals surface area contributed by atoms with E-state index < -0.39 is 0 Å². The minimum atomic E-state index is 0.111. The van der Waals surface area contributed by atoms with Crippen molar-refractivity contribution in [2.75, 3.05) is 19.8 Å². The molecule has 0 bridgehead atoms. The summed E-state index contributed by atoms with van der Waals surface area (Å²) in [6.45, 7) is 3.24. The molecule has 0 aromatic heterocycles. The van der Waals surface area contributed by atoms with Crippen molar-refractivity contribution < 1.29 is 9.84 Å². The molecule has 0 unspecified atom stereocenters. The summed E-state index contributed by atoms with van der Waals surface area (Å²) in [5.74, 6) is 0. The average Bonchev–Trinajstić information content (AvgIpc) is 1.89. The van der Waals surface area contributed by atoms with Crippen molar-refractivity contribution in [2.45, 2.75) is 13.3 Å². The minimum absolute atomic E-state index is 0.111. The minimum Gasteiger partial charge on any atom is -0.394 e. The molecule has 0 radical (unpaired) electrons. The van der Waals surface area contributed by atoms with Crippen LogP contribution in [0.25, 0.3) is 0 Å². The maximum Gasteiger partial charge on any atom is 0.0701 e. The van der Waals surface area contributed by atoms with Gasteiger partial charge in [-0.15, -0.1) is 0 Å². The van der Waals surface area contributed by atoms with Gasteiger partial charge in [-0.3, -0.25) is 0 Å². The predicted molar refractivity (Wildman–Crippen MR) is 37.3 cm³/mol. The summed E-state index contributed by atoms with van der Waals surface area (Å²) in [6, 6.07) is 0. The summed E-state index contributed by atoms with van der Waals surface area (Å²) in [7, 11) is 0. The Morgan fingerprint density at radius 1 is 1.44 bits per heavy atom. The molecule has 0 aromatic rings. The highest BCUT2D eigenvalue weighted by atomic mass is 16.5. The second-order valence-corrected chi connectivity index (χ2v) is 1.68. The quantitative estimate of drug-likeness (QED) is 0.443. The van der Waals surface area contributed by atoms with Crippen LogP contribution in [0, 0.1) is 0 Å². The van der Waals surface area contributed by atoms with Crippen molar-refractivity contribution in [3.05, 3.63) is 12.2 Å². The van der Waals surface area contributed by atoms with Crippen LogP contribution < -0.4 is 0 Å². The Balaban J connectivity index is 2.82. The lowest BCUT2D eigenvalue weighted by Crippen LogP contribution is -1.97. The van der Waals surface area contributed by atoms with Gasteiger partial charge >= 0.3 is 0 Å². The lowest BCUT2D eigenvalue weighted by molar-refractivity contribution is 0.112. The molecule has 1 N–H and O–H groups in total. The van der Waals surface area contributed by atoms with Gasteiger partial charge in [-0.2, -0.15) is 0 Å². The third-order valence-corrected chi connectivity index (χ3v) is 0.852. The smallest absolute Gasteiger partial charge is 0.0701 e. The largest absolute Gasteiger partial charge is 0.394 e. The molecule has 0 aliphatic carbocycles. The highest BCUT2D eigenvalue weighted by Gasteiger charge is 1.78. The fourth-order valence-corrected chi connectivity index (χ4v) is 0.451. The molecular weight excluding hydrogens is 116 g/mol. The lowest BCUT2D eigenvalue weighted by Gasteiger charge is -1.93. The molecule has 0 rings (SSSR count). The fourth-order valence-electron chi connectivity index (χ4n) is 0.451. The molecule has 9 heavy (non-hydrogen) atoms. The van der Waals surface area contributed by atoms with Crippen molar-refractivity contribution in [1.82, 2.24) is 0 Å². The van der Waals surface area contributed by atoms with Crippen LogP contribution in [0.3, 0.4) is 0 Å². The first kappa shape index (κ1) is 8.66. The van der Waals surface area contributed by atoms with E-state index in [9.17, 15) is 0 Å². The molecule has 0 aliphatic rings. The zero-order valence-corrected chi connectivity index (χ0v) is 5.84. The van der Waals surface area contributed by atoms with Crippen molar-refractivity contribution in [3.63, 3.8) is 0 Å². The third-order valence-electron chi connectivity index (χ3n) is 0.852. The predicted octanol–water partition coefficient (Wildman–Crippen LogP) is 0.962. The second-order valence-electron chi connectivity index (χ2n) is 1.68. The van der Waals surface area contributed by atoms with Gasteiger partial charge in [0, 0.05) is 0 Å². The highest BCUT2D eigenvalue weighted by molar-refractivity contribution is 4.79. The van der Waals surface area contributed by atoms with Crippen LogP contribution in [-0.2, 0) is 4.74 Å². The number of rotatable bonds is 5. The van der Waals surface area contributed by atoms with E-state index in [1.165, 1.54) is 0 Å². The van der Waals surface area contributed by atoms with Crippen molar-refractivity contribution >= 4 is 0 Å². The van der Waals surface area contributed by atoms with E-state index in [4.69, 9.17) is 9.84 Å². The standard InChI is InChI=1S/C7H14O2/c1-2-3-4-6-9-7-5-8/h3-4,8H,2,5-7H2,1H3/b4-3+. The molecule has 0 aliphatic heterocycles. The second kappa shape index (κ2) is 7.66. The first-order valence-corrected chi connectivity index (χ1v) is 3.25. The van der Waals surface area contributed by atoms with Gasteiger partial charge in [0.2, 0.25) is 0 Å². The van der Waals surface area contributed by atoms with Crippen molar-refractivity contribution in [1.29, 1.82) is 0 Å². The molecule has 0 atom stereocenters. The van der Waals surface area contributed by atoms with E-state index in [-0.39, 0.29) is 6.61 Å². The van der Waals surface area contributed by atoms with E-state index in [1.807, 2.05) is 12.2 Å². The zero-order valence-electron chi connectivity index (χ0n) is 5.84. The van der Waals surface area contributed by atoms with Gasteiger partial charge < -0.3 is 9.84 Å². The summed E-state index contributed by atoms with van der Waals surface area (Å²) in [5.41, 5.74) is 0. The Labute approximate surface area is 56.1 Å². The Bertz CT molecular complexity index is 69.3. The van der Waals surface area contributed by atoms with Gasteiger partial charge in [0.05, 0.1) is 19.8 Å². The molecule has 2 nitrogen and oxygen atoms in total. The normalized spacial score (nSPS) is 10.9. The van der Waals surface area contributed by atoms with Crippen LogP contribution in [0.5, 0.6) is 0 Å². The lowest BCUT2D eigenvalue weighted by atomic mass is 10.4. The van der Waals surface area contributed by atoms with E-state index in [2.05, 4.69) is 6.92 Å². The molecule has 0 aromatic carbocycles. The van der Waals surface area contributed by atoms with Gasteiger partial charge in [-0.05, 0) is 6.42 Å². The highest BCUT2D eigenvalue weighted by Crippen LogP contribution is 1.80. The Kier molecular flexibility index (Phi) is 7.37. The summed E-state index contributed by atoms with van der Waals surface area (Å²) in [5, 5.41) is 8.27. The van der Waals surface area contributed by atoms with Gasteiger partial charge in [-0.25, -0.2) is 0 Å². The first-order valence-electron chi connectivity index (χ1n) is 3.25. The molecule has 54 valence electrons. The van der Waals surface area contributed by atoms with Gasteiger partial charge in [-0.1, -0.05) is 19.1 Å². The van der Waals surface area contributed by atoms with Gasteiger partial charge in [0.25, 0.3) is 0 Å². The fraction of sp³-hybridized carbons (Fsp3) is 0.714. The summed E-state index contributed by atoms with van der Waals surface area (Å²) < 4.78 is 4.95. The summed E-state index contributed by atoms with van der Waals surface area (Å²) in [4.78, 5) is 0. The van der Waals surface area contributed by atoms with Gasteiger partial charge in [0.15, 0.2) is 0 Å². The molecule has 0 saturated carbocycles. The molecule has 0 spiro atoms. The number of aliphatic hydroxyl groups is 1. The zero-order chi connectivity index (χ0) is 6.95. The molecule has 0 amide bonds. The number of allylic oxidation sites excluding steroid dienone is 1. The van der Waals surface area contributed by atoms with Crippen molar-refractivity contribution in [3.8, 4) is 0 Å². The molecule has 2 heteroatoms. The van der Waals surface area contributed by atoms with Crippen LogP contribution in [0.2, 0.25) is 0 Å². The monoisotopic (exact) mass is 130 g/mol. The Hall–Kier alpha value is -0.340. The van der Waals surface area contributed by atoms with Crippen LogP contribution in [0.15, 0.2) is 12.2 Å². The molecular formula is C7H14O2. The van der Waals surface area contributed by atoms with Crippen LogP contribution in [0.4, 0.5) is 0 Å². The van der Waals surface area contributed by atoms with Crippen LogP contribution >= 0.6 is 0 Å². The maximum atomic E-state index is 8.27. The maximum absolute atomic E-state index is 8.27. The summed E-state index contributed by atoms with van der Waals surface area (Å²) in [6.07, 6.45) is 5.04. The van der Waals surface area contributed by atoms with E-state index in [0.717, 1.165) is 6.42 Å². The van der Waals surface area contributed by atoms with Crippen LogP contribution in [-0.4, -0.2) is 24.9 Å². The average molecular weight is 130 g/mol. The topological polar surface area (TPSA) is 29.5 Å². The van der Waals surface area contributed by atoms with E-state index >= 15 is 0 Å². The number of ether oxygens (including phenoxy) is 1. The molecule has 0 saturated heterocycles. The Morgan fingerprint density at radius 3 is 2.78 bits per heavy atom. The number of aliphatic hydroxyl groups excluding tert-OH is 1. The Morgan fingerprint density at radius 2 is 2.22 bits per heavy atom. The van der Waals surface area contributed by atoms with E-state index in [0.29, 0.717) is 13.2 Å². The number of hydrogen-bond donors (Lipinski definition) is 1. The number of hydrogen-bond acceptors (Lipinski definition) is 2. The molecule has 0 fully saturated rings. The SMILES string of the molecule is CC/C=C/COCCO. The van der Waals surface area contributed by atoms with Gasteiger partial charge in [0.1, 0.15) is 0 Å². The van der Waals surface area contributed by atoms with Crippen molar-refractivity contribution in [2.24, 2.45) is 0 Å². The first-order chi connectivity index (χ1) is 4.41. The summed E-state index contributed by atoms with van der Waals surface area (Å²) >= 11 is 0. The van der Waals surface area contributed by atoms with E-state index in [1.54, 1.807) is 0 Å². The molecule has 0 heterocycles. The third kappa shape index (κ3) is 7.66. The van der Waals surface area contributed by atoms with Crippen LogP contribution in [0.1, 0.15) is 13.3 Å².